The zero-order valence-electron chi connectivity index (χ0n) is 21.0. The molecule has 1 aliphatic rings. The van der Waals surface area contributed by atoms with Crippen molar-refractivity contribution >= 4 is 28.9 Å². The maximum absolute atomic E-state index is 11.4. The molecule has 1 saturated heterocycles. The Bertz CT molecular complexity index is 810. The summed E-state index contributed by atoms with van der Waals surface area (Å²) in [4.78, 5) is 0. The number of quaternary nitrogens is 1. The van der Waals surface area contributed by atoms with Crippen molar-refractivity contribution in [1.29, 1.82) is 0 Å². The standard InChI is InChI=1S/C16H36NO3Si.C2F6NO4S2/c1-6-16(2)17(12-8-7-9-13-17)14-10-11-15-21(18-3,19-4)20-5;3-1(4,5)14(10,11)9-15(12,13)2(6,7)8/h16H,6-15H2,1-5H3;/q+1;-1. The second kappa shape index (κ2) is 14.0. The Morgan fingerprint density at radius 1 is 0.833 bits per heavy atom. The van der Waals surface area contributed by atoms with E-state index in [1.165, 1.54) is 56.2 Å². The largest absolute Gasteiger partial charge is 0.500 e. The summed E-state index contributed by atoms with van der Waals surface area (Å²) >= 11 is 0. The van der Waals surface area contributed by atoms with E-state index in [2.05, 4.69) is 13.8 Å². The van der Waals surface area contributed by atoms with E-state index >= 15 is 0 Å². The summed E-state index contributed by atoms with van der Waals surface area (Å²) in [6, 6.07) is 1.72. The predicted molar refractivity (Wildman–Crippen MR) is 123 cm³/mol. The number of halogens is 6. The smallest absolute Gasteiger partial charge is 0.421 e. The van der Waals surface area contributed by atoms with Gasteiger partial charge in [-0.2, -0.15) is 26.3 Å². The number of alkyl halides is 6. The molecule has 9 nitrogen and oxygen atoms in total. The van der Waals surface area contributed by atoms with Gasteiger partial charge in [0.05, 0.1) is 25.7 Å². The van der Waals surface area contributed by atoms with Crippen molar-refractivity contribution in [1.82, 2.24) is 0 Å². The third-order valence-electron chi connectivity index (χ3n) is 6.28. The molecule has 0 N–H and O–H groups in total. The van der Waals surface area contributed by atoms with E-state index in [1.807, 2.05) is 0 Å². The van der Waals surface area contributed by atoms with Crippen molar-refractivity contribution < 1.29 is 60.9 Å². The number of rotatable bonds is 12. The third kappa shape index (κ3) is 9.99. The van der Waals surface area contributed by atoms with Gasteiger partial charge in [0.15, 0.2) is 20.0 Å². The van der Waals surface area contributed by atoms with Gasteiger partial charge in [-0.25, -0.2) is 16.8 Å². The average Bonchev–Trinajstić information content (AvgIpc) is 2.78. The Morgan fingerprint density at radius 2 is 1.25 bits per heavy atom. The van der Waals surface area contributed by atoms with E-state index in [0.717, 1.165) is 22.6 Å². The summed E-state index contributed by atoms with van der Waals surface area (Å²) < 4.78 is 127. The minimum Gasteiger partial charge on any atom is -0.421 e. The van der Waals surface area contributed by atoms with Crippen molar-refractivity contribution in [3.05, 3.63) is 4.13 Å². The normalized spacial score (nSPS) is 18.3. The van der Waals surface area contributed by atoms with Crippen LogP contribution in [0.4, 0.5) is 26.3 Å². The van der Waals surface area contributed by atoms with Gasteiger partial charge in [-0.05, 0) is 45.4 Å². The highest BCUT2D eigenvalue weighted by atomic mass is 32.3. The van der Waals surface area contributed by atoms with Crippen molar-refractivity contribution in [3.63, 3.8) is 0 Å². The van der Waals surface area contributed by atoms with Gasteiger partial charge < -0.3 is 21.9 Å². The lowest BCUT2D eigenvalue weighted by atomic mass is 10.0. The van der Waals surface area contributed by atoms with Gasteiger partial charge >= 0.3 is 19.8 Å². The van der Waals surface area contributed by atoms with Crippen LogP contribution in [0.3, 0.4) is 0 Å². The number of hydrogen-bond acceptors (Lipinski definition) is 7. The first-order valence-electron chi connectivity index (χ1n) is 11.2. The summed E-state index contributed by atoms with van der Waals surface area (Å²) in [5.41, 5.74) is -12.4. The van der Waals surface area contributed by atoms with E-state index in [0.29, 0.717) is 0 Å². The Labute approximate surface area is 210 Å². The molecule has 1 rings (SSSR count). The molecule has 1 aliphatic heterocycles. The Hall–Kier alpha value is -0.503. The number of sulfonamides is 2. The minimum atomic E-state index is -6.72. The molecule has 1 atom stereocenters. The zero-order chi connectivity index (χ0) is 28.5. The van der Waals surface area contributed by atoms with Gasteiger partial charge in [-0.3, -0.25) is 0 Å². The SMILES string of the molecule is CCC(C)[N+]1(CCCC[Si](OC)(OC)OC)CCCCC1.O=S(=O)([N-]S(=O)(=O)C(F)(F)F)C(F)(F)F. The number of unbranched alkanes of at least 4 members (excludes halogenated alkanes) is 1. The molecule has 1 unspecified atom stereocenters. The number of nitrogens with zero attached hydrogens (tertiary/aromatic N) is 2. The van der Waals surface area contributed by atoms with Crippen LogP contribution in [-0.4, -0.2) is 88.1 Å². The van der Waals surface area contributed by atoms with Crippen LogP contribution in [0.25, 0.3) is 4.13 Å². The molecule has 0 amide bonds. The number of piperidine rings is 1. The molecule has 0 aromatic carbocycles. The monoisotopic (exact) mass is 598 g/mol. The molecular weight excluding hydrogens is 562 g/mol. The highest BCUT2D eigenvalue weighted by Crippen LogP contribution is 2.36. The molecule has 0 aliphatic carbocycles. The highest BCUT2D eigenvalue weighted by molar-refractivity contribution is 8.13. The summed E-state index contributed by atoms with van der Waals surface area (Å²) in [5.74, 6) is 0. The van der Waals surface area contributed by atoms with Gasteiger partial charge in [0.1, 0.15) is 0 Å². The van der Waals surface area contributed by atoms with Crippen LogP contribution in [0.15, 0.2) is 0 Å². The molecule has 18 heteroatoms. The first kappa shape index (κ1) is 35.5. The van der Waals surface area contributed by atoms with Crippen LogP contribution in [0.1, 0.15) is 52.4 Å². The van der Waals surface area contributed by atoms with Crippen LogP contribution in [0, 0.1) is 0 Å². The van der Waals surface area contributed by atoms with E-state index in [4.69, 9.17) is 13.3 Å². The maximum atomic E-state index is 11.4. The molecule has 0 aromatic rings. The first-order chi connectivity index (χ1) is 16.3. The quantitative estimate of drug-likeness (QED) is 0.141. The summed E-state index contributed by atoms with van der Waals surface area (Å²) in [6.07, 6.45) is 7.89. The van der Waals surface area contributed by atoms with E-state index in [1.54, 1.807) is 21.3 Å². The summed E-state index contributed by atoms with van der Waals surface area (Å²) in [7, 11) is -10.7. The number of hydrogen-bond donors (Lipinski definition) is 0. The predicted octanol–water partition coefficient (Wildman–Crippen LogP) is 4.50. The topological polar surface area (TPSA) is 110 Å². The molecule has 0 bridgehead atoms. The highest BCUT2D eigenvalue weighted by Gasteiger charge is 2.47. The lowest BCUT2D eigenvalue weighted by Gasteiger charge is -2.46. The van der Waals surface area contributed by atoms with Crippen LogP contribution in [-0.2, 0) is 33.3 Å². The molecule has 0 radical (unpaired) electrons. The van der Waals surface area contributed by atoms with Crippen molar-refractivity contribution in [2.24, 2.45) is 0 Å². The van der Waals surface area contributed by atoms with Gasteiger partial charge in [0.2, 0.25) is 0 Å². The summed E-state index contributed by atoms with van der Waals surface area (Å²) in [6.45, 7) is 8.81. The van der Waals surface area contributed by atoms with Gasteiger partial charge in [-0.1, -0.05) is 6.92 Å². The van der Waals surface area contributed by atoms with Gasteiger partial charge in [-0.15, -0.1) is 0 Å². The lowest BCUT2D eigenvalue weighted by Crippen LogP contribution is -2.57. The van der Waals surface area contributed by atoms with Crippen LogP contribution in [0.2, 0.25) is 6.04 Å². The van der Waals surface area contributed by atoms with Crippen molar-refractivity contribution in [2.45, 2.75) is 75.5 Å². The molecule has 0 aromatic heterocycles. The molecule has 0 spiro atoms. The average molecular weight is 599 g/mol. The molecule has 218 valence electrons. The van der Waals surface area contributed by atoms with Crippen molar-refractivity contribution in [2.75, 3.05) is 41.0 Å². The second-order valence-electron chi connectivity index (χ2n) is 8.38. The van der Waals surface area contributed by atoms with Gasteiger partial charge in [0.25, 0.3) is 0 Å². The lowest BCUT2D eigenvalue weighted by molar-refractivity contribution is -0.954. The zero-order valence-corrected chi connectivity index (χ0v) is 23.6. The third-order valence-corrected chi connectivity index (χ3v) is 11.9. The molecule has 1 fully saturated rings. The van der Waals surface area contributed by atoms with Crippen LogP contribution < -0.4 is 0 Å². The Kier molecular flexibility index (Phi) is 13.8. The van der Waals surface area contributed by atoms with Crippen molar-refractivity contribution in [3.8, 4) is 0 Å². The van der Waals surface area contributed by atoms with Crippen LogP contribution in [0.5, 0.6) is 0 Å². The Morgan fingerprint density at radius 3 is 1.58 bits per heavy atom. The van der Waals surface area contributed by atoms with E-state index < -0.39 is 39.9 Å². The summed E-state index contributed by atoms with van der Waals surface area (Å²) in [5, 5.41) is 0. The first-order valence-corrected chi connectivity index (χ1v) is 16.0. The van der Waals surface area contributed by atoms with Gasteiger partial charge in [0, 0.05) is 27.4 Å². The molecule has 0 saturated carbocycles. The van der Waals surface area contributed by atoms with Crippen LogP contribution >= 0.6 is 0 Å². The minimum absolute atomic E-state index is 0.778. The number of likely N-dealkylation sites (tertiary alicyclic amines) is 1. The molecule has 36 heavy (non-hydrogen) atoms. The van der Waals surface area contributed by atoms with E-state index in [-0.39, 0.29) is 0 Å². The fourth-order valence-corrected chi connectivity index (χ4v) is 7.46. The Balaban J connectivity index is 0.000000723. The molecule has 1 heterocycles. The molecular formula is C18H36F6N2O7S2Si. The fraction of sp³-hybridized carbons (Fsp3) is 1.00. The maximum Gasteiger partial charge on any atom is 0.500 e. The van der Waals surface area contributed by atoms with E-state index in [9.17, 15) is 43.2 Å². The fourth-order valence-electron chi connectivity index (χ4n) is 3.95. The second-order valence-corrected chi connectivity index (χ2v) is 14.9.